The Morgan fingerprint density at radius 3 is 2.78 bits per heavy atom. The summed E-state index contributed by atoms with van der Waals surface area (Å²) in [7, 11) is 0. The summed E-state index contributed by atoms with van der Waals surface area (Å²) in [6, 6.07) is 6.05. The van der Waals surface area contributed by atoms with Crippen LogP contribution < -0.4 is 10.6 Å². The molecule has 100 valence electrons. The van der Waals surface area contributed by atoms with Gasteiger partial charge in [0, 0.05) is 17.6 Å². The van der Waals surface area contributed by atoms with E-state index < -0.39 is 0 Å². The standard InChI is InChI=1S/C14H21BrN2O/c1-4-7-16-14(18)11(3)17-9-12-6-5-10(2)8-13(12)15/h5-6,8,11,17H,4,7,9H2,1-3H3,(H,16,18). The molecule has 1 aromatic carbocycles. The quantitative estimate of drug-likeness (QED) is 0.848. The zero-order valence-electron chi connectivity index (χ0n) is 11.2. The molecule has 0 saturated heterocycles. The first-order chi connectivity index (χ1) is 8.54. The molecule has 0 aliphatic carbocycles. The van der Waals surface area contributed by atoms with Gasteiger partial charge in [-0.2, -0.15) is 0 Å². The molecule has 18 heavy (non-hydrogen) atoms. The predicted molar refractivity (Wildman–Crippen MR) is 78.5 cm³/mol. The van der Waals surface area contributed by atoms with Gasteiger partial charge in [-0.15, -0.1) is 0 Å². The highest BCUT2D eigenvalue weighted by molar-refractivity contribution is 9.10. The van der Waals surface area contributed by atoms with E-state index in [1.165, 1.54) is 5.56 Å². The monoisotopic (exact) mass is 312 g/mol. The van der Waals surface area contributed by atoms with Crippen molar-refractivity contribution in [1.82, 2.24) is 10.6 Å². The van der Waals surface area contributed by atoms with Crippen LogP contribution in [0.1, 0.15) is 31.4 Å². The maximum Gasteiger partial charge on any atom is 0.236 e. The van der Waals surface area contributed by atoms with E-state index in [9.17, 15) is 4.79 Å². The van der Waals surface area contributed by atoms with Crippen molar-refractivity contribution in [2.45, 2.75) is 39.8 Å². The van der Waals surface area contributed by atoms with E-state index in [1.807, 2.05) is 13.8 Å². The minimum absolute atomic E-state index is 0.0556. The van der Waals surface area contributed by atoms with Gasteiger partial charge < -0.3 is 10.6 Å². The summed E-state index contributed by atoms with van der Waals surface area (Å²) < 4.78 is 1.08. The Morgan fingerprint density at radius 2 is 2.17 bits per heavy atom. The van der Waals surface area contributed by atoms with Crippen molar-refractivity contribution in [1.29, 1.82) is 0 Å². The molecule has 0 aliphatic rings. The lowest BCUT2D eigenvalue weighted by atomic mass is 10.1. The minimum Gasteiger partial charge on any atom is -0.355 e. The van der Waals surface area contributed by atoms with Crippen LogP contribution in [0.5, 0.6) is 0 Å². The third kappa shape index (κ3) is 4.78. The molecule has 0 fully saturated rings. The van der Waals surface area contributed by atoms with Crippen molar-refractivity contribution < 1.29 is 4.79 Å². The number of benzene rings is 1. The van der Waals surface area contributed by atoms with Gasteiger partial charge in [-0.05, 0) is 37.5 Å². The van der Waals surface area contributed by atoms with Crippen molar-refractivity contribution in [3.63, 3.8) is 0 Å². The number of rotatable bonds is 6. The van der Waals surface area contributed by atoms with Gasteiger partial charge in [0.25, 0.3) is 0 Å². The number of carbonyl (C=O) groups excluding carboxylic acids is 1. The molecule has 0 spiro atoms. The lowest BCUT2D eigenvalue weighted by molar-refractivity contribution is -0.122. The van der Waals surface area contributed by atoms with E-state index in [0.29, 0.717) is 6.54 Å². The molecular formula is C14H21BrN2O. The van der Waals surface area contributed by atoms with Crippen LogP contribution >= 0.6 is 15.9 Å². The van der Waals surface area contributed by atoms with E-state index in [-0.39, 0.29) is 11.9 Å². The Kier molecular flexibility index (Phi) is 6.36. The van der Waals surface area contributed by atoms with Crippen molar-refractivity contribution in [2.24, 2.45) is 0 Å². The maximum absolute atomic E-state index is 11.7. The summed E-state index contributed by atoms with van der Waals surface area (Å²) in [4.78, 5) is 11.7. The number of amides is 1. The molecule has 1 atom stereocenters. The molecule has 1 amide bonds. The largest absolute Gasteiger partial charge is 0.355 e. The highest BCUT2D eigenvalue weighted by Gasteiger charge is 2.11. The van der Waals surface area contributed by atoms with Crippen molar-refractivity contribution in [3.8, 4) is 0 Å². The van der Waals surface area contributed by atoms with Crippen LogP contribution in [0.3, 0.4) is 0 Å². The zero-order valence-corrected chi connectivity index (χ0v) is 12.8. The van der Waals surface area contributed by atoms with Gasteiger partial charge >= 0.3 is 0 Å². The molecule has 0 aromatic heterocycles. The van der Waals surface area contributed by atoms with Gasteiger partial charge in [0.2, 0.25) is 5.91 Å². The molecule has 1 rings (SSSR count). The summed E-state index contributed by atoms with van der Waals surface area (Å²) in [6.45, 7) is 7.40. The van der Waals surface area contributed by atoms with E-state index in [2.05, 4.69) is 51.7 Å². The second-order valence-corrected chi connectivity index (χ2v) is 5.34. The molecule has 0 saturated carbocycles. The number of aryl methyl sites for hydroxylation is 1. The van der Waals surface area contributed by atoms with Crippen LogP contribution in [0.25, 0.3) is 0 Å². The van der Waals surface area contributed by atoms with Gasteiger partial charge in [0.1, 0.15) is 0 Å². The topological polar surface area (TPSA) is 41.1 Å². The Balaban J connectivity index is 2.46. The molecule has 4 heteroatoms. The van der Waals surface area contributed by atoms with Gasteiger partial charge in [-0.1, -0.05) is 35.0 Å². The predicted octanol–water partition coefficient (Wildman–Crippen LogP) is 2.76. The van der Waals surface area contributed by atoms with E-state index in [0.717, 1.165) is 23.0 Å². The Bertz CT molecular complexity index is 407. The molecule has 1 unspecified atom stereocenters. The van der Waals surface area contributed by atoms with Crippen LogP contribution in [0, 0.1) is 6.92 Å². The number of hydrogen-bond donors (Lipinski definition) is 2. The SMILES string of the molecule is CCCNC(=O)C(C)NCc1ccc(C)cc1Br. The first kappa shape index (κ1) is 15.2. The fraction of sp³-hybridized carbons (Fsp3) is 0.500. The average Bonchev–Trinajstić information content (AvgIpc) is 2.34. The average molecular weight is 313 g/mol. The highest BCUT2D eigenvalue weighted by Crippen LogP contribution is 2.18. The lowest BCUT2D eigenvalue weighted by Gasteiger charge is -2.14. The molecule has 0 radical (unpaired) electrons. The summed E-state index contributed by atoms with van der Waals surface area (Å²) in [6.07, 6.45) is 0.960. The van der Waals surface area contributed by atoms with E-state index >= 15 is 0 Å². The van der Waals surface area contributed by atoms with Gasteiger partial charge in [0.05, 0.1) is 6.04 Å². The molecule has 2 N–H and O–H groups in total. The molecule has 0 aliphatic heterocycles. The molecule has 0 bridgehead atoms. The van der Waals surface area contributed by atoms with Crippen LogP contribution in [-0.4, -0.2) is 18.5 Å². The molecule has 1 aromatic rings. The minimum atomic E-state index is -0.176. The Morgan fingerprint density at radius 1 is 1.44 bits per heavy atom. The van der Waals surface area contributed by atoms with Crippen molar-refractivity contribution in [2.75, 3.05) is 6.54 Å². The Hall–Kier alpha value is -0.870. The summed E-state index contributed by atoms with van der Waals surface area (Å²) >= 11 is 3.54. The zero-order chi connectivity index (χ0) is 13.5. The summed E-state index contributed by atoms with van der Waals surface area (Å²) in [5.41, 5.74) is 2.38. The fourth-order valence-corrected chi connectivity index (χ4v) is 2.19. The first-order valence-corrected chi connectivity index (χ1v) is 7.10. The third-order valence-electron chi connectivity index (χ3n) is 2.75. The highest BCUT2D eigenvalue weighted by atomic mass is 79.9. The van der Waals surface area contributed by atoms with Crippen LogP contribution in [0.15, 0.2) is 22.7 Å². The fourth-order valence-electron chi connectivity index (χ4n) is 1.55. The Labute approximate surface area is 117 Å². The number of hydrogen-bond acceptors (Lipinski definition) is 2. The lowest BCUT2D eigenvalue weighted by Crippen LogP contribution is -2.42. The van der Waals surface area contributed by atoms with E-state index in [1.54, 1.807) is 0 Å². The van der Waals surface area contributed by atoms with E-state index in [4.69, 9.17) is 0 Å². The van der Waals surface area contributed by atoms with Gasteiger partial charge in [-0.3, -0.25) is 4.79 Å². The summed E-state index contributed by atoms with van der Waals surface area (Å²) in [5.74, 6) is 0.0556. The molecule has 3 nitrogen and oxygen atoms in total. The third-order valence-corrected chi connectivity index (χ3v) is 3.49. The van der Waals surface area contributed by atoms with Crippen LogP contribution in [-0.2, 0) is 11.3 Å². The second kappa shape index (κ2) is 7.54. The number of halogens is 1. The number of nitrogens with one attached hydrogen (secondary N) is 2. The van der Waals surface area contributed by atoms with Gasteiger partial charge in [-0.25, -0.2) is 0 Å². The normalized spacial score (nSPS) is 12.2. The van der Waals surface area contributed by atoms with Crippen LogP contribution in [0.4, 0.5) is 0 Å². The van der Waals surface area contributed by atoms with Gasteiger partial charge in [0.15, 0.2) is 0 Å². The molecular weight excluding hydrogens is 292 g/mol. The molecule has 0 heterocycles. The van der Waals surface area contributed by atoms with Crippen LogP contribution in [0.2, 0.25) is 0 Å². The second-order valence-electron chi connectivity index (χ2n) is 4.49. The number of carbonyl (C=O) groups is 1. The van der Waals surface area contributed by atoms with Crippen molar-refractivity contribution >= 4 is 21.8 Å². The smallest absolute Gasteiger partial charge is 0.236 e. The summed E-state index contributed by atoms with van der Waals surface area (Å²) in [5, 5.41) is 6.10. The maximum atomic E-state index is 11.7. The van der Waals surface area contributed by atoms with Crippen molar-refractivity contribution in [3.05, 3.63) is 33.8 Å². The first-order valence-electron chi connectivity index (χ1n) is 6.30.